The molecule has 1 aromatic rings. The molecular formula is C14H19N. The largest absolute Gasteiger partial charge is 0.289 e. The van der Waals surface area contributed by atoms with Crippen LogP contribution in [0, 0.1) is 0 Å². The molecule has 1 unspecified atom stereocenters. The van der Waals surface area contributed by atoms with Gasteiger partial charge in [0, 0.05) is 0 Å². The van der Waals surface area contributed by atoms with Gasteiger partial charge >= 0.3 is 0 Å². The Kier molecular flexibility index (Phi) is 5.46. The van der Waals surface area contributed by atoms with Crippen LogP contribution < -0.4 is 0 Å². The quantitative estimate of drug-likeness (QED) is 0.483. The molecule has 0 aliphatic carbocycles. The molecule has 1 nitrogen and oxygen atoms in total. The molecule has 15 heavy (non-hydrogen) atoms. The summed E-state index contributed by atoms with van der Waals surface area (Å²) in [6.07, 6.45) is 7.08. The van der Waals surface area contributed by atoms with Gasteiger partial charge in [-0.25, -0.2) is 0 Å². The average Bonchev–Trinajstić information content (AvgIpc) is 2.29. The van der Waals surface area contributed by atoms with E-state index in [9.17, 15) is 0 Å². The minimum absolute atomic E-state index is 0.246. The van der Waals surface area contributed by atoms with Gasteiger partial charge < -0.3 is 0 Å². The molecule has 0 amide bonds. The normalized spacial score (nSPS) is 12.9. The lowest BCUT2D eigenvalue weighted by molar-refractivity contribution is 0.743. The highest BCUT2D eigenvalue weighted by Gasteiger charge is 2.05. The SMILES string of the molecule is C=CCC(N=CCCC)c1ccccc1. The van der Waals surface area contributed by atoms with E-state index < -0.39 is 0 Å². The van der Waals surface area contributed by atoms with E-state index >= 15 is 0 Å². The Bertz CT molecular complexity index is 300. The number of nitrogens with zero attached hydrogens (tertiary/aromatic N) is 1. The summed E-state index contributed by atoms with van der Waals surface area (Å²) in [7, 11) is 0. The summed E-state index contributed by atoms with van der Waals surface area (Å²) in [6.45, 7) is 5.94. The molecule has 1 heteroatoms. The van der Waals surface area contributed by atoms with Crippen molar-refractivity contribution in [3.63, 3.8) is 0 Å². The molecule has 0 bridgehead atoms. The Morgan fingerprint density at radius 3 is 2.67 bits per heavy atom. The van der Waals surface area contributed by atoms with E-state index in [0.29, 0.717) is 0 Å². The third-order valence-corrected chi connectivity index (χ3v) is 2.28. The Labute approximate surface area is 92.6 Å². The number of aliphatic imine (C=N–C) groups is 1. The zero-order chi connectivity index (χ0) is 10.9. The minimum Gasteiger partial charge on any atom is -0.289 e. The van der Waals surface area contributed by atoms with Crippen molar-refractivity contribution in [2.75, 3.05) is 0 Å². The van der Waals surface area contributed by atoms with E-state index in [2.05, 4.69) is 42.8 Å². The smallest absolute Gasteiger partial charge is 0.0779 e. The van der Waals surface area contributed by atoms with E-state index in [1.807, 2.05) is 18.4 Å². The summed E-state index contributed by atoms with van der Waals surface area (Å²) in [4.78, 5) is 4.58. The molecule has 0 radical (unpaired) electrons. The van der Waals surface area contributed by atoms with Crippen LogP contribution in [0.2, 0.25) is 0 Å². The van der Waals surface area contributed by atoms with Gasteiger partial charge in [-0.15, -0.1) is 6.58 Å². The Morgan fingerprint density at radius 1 is 1.33 bits per heavy atom. The van der Waals surface area contributed by atoms with Crippen molar-refractivity contribution >= 4 is 6.21 Å². The van der Waals surface area contributed by atoms with Crippen LogP contribution in [0.5, 0.6) is 0 Å². The van der Waals surface area contributed by atoms with Crippen LogP contribution in [0.4, 0.5) is 0 Å². The van der Waals surface area contributed by atoms with Gasteiger partial charge in [0.25, 0.3) is 0 Å². The van der Waals surface area contributed by atoms with E-state index in [-0.39, 0.29) is 6.04 Å². The van der Waals surface area contributed by atoms with Crippen LogP contribution in [0.3, 0.4) is 0 Å². The highest BCUT2D eigenvalue weighted by atomic mass is 14.8. The van der Waals surface area contributed by atoms with Crippen LogP contribution in [-0.4, -0.2) is 6.21 Å². The maximum atomic E-state index is 4.58. The van der Waals surface area contributed by atoms with Gasteiger partial charge in [-0.05, 0) is 24.6 Å². The maximum Gasteiger partial charge on any atom is 0.0779 e. The second kappa shape index (κ2) is 6.99. The predicted octanol–water partition coefficient (Wildman–Crippen LogP) is 4.17. The molecule has 80 valence electrons. The topological polar surface area (TPSA) is 12.4 Å². The van der Waals surface area contributed by atoms with Gasteiger partial charge in [-0.3, -0.25) is 4.99 Å². The fourth-order valence-electron chi connectivity index (χ4n) is 1.45. The number of hydrogen-bond acceptors (Lipinski definition) is 1. The van der Waals surface area contributed by atoms with Crippen molar-refractivity contribution in [3.8, 4) is 0 Å². The van der Waals surface area contributed by atoms with Crippen molar-refractivity contribution in [1.29, 1.82) is 0 Å². The standard InChI is InChI=1S/C14H19N/c1-3-5-12-15-14(9-4-2)13-10-7-6-8-11-13/h4,6-8,10-12,14H,2-3,5,9H2,1H3. The van der Waals surface area contributed by atoms with Gasteiger partial charge in [-0.2, -0.15) is 0 Å². The van der Waals surface area contributed by atoms with Crippen LogP contribution in [0.25, 0.3) is 0 Å². The van der Waals surface area contributed by atoms with Crippen molar-refractivity contribution in [3.05, 3.63) is 48.6 Å². The minimum atomic E-state index is 0.246. The summed E-state index contributed by atoms with van der Waals surface area (Å²) < 4.78 is 0. The van der Waals surface area contributed by atoms with Crippen LogP contribution in [0.15, 0.2) is 48.0 Å². The molecule has 0 aliphatic rings. The summed E-state index contributed by atoms with van der Waals surface area (Å²) >= 11 is 0. The van der Waals surface area contributed by atoms with Gasteiger partial charge in [0.2, 0.25) is 0 Å². The second-order valence-corrected chi connectivity index (χ2v) is 3.57. The summed E-state index contributed by atoms with van der Waals surface area (Å²) in [6, 6.07) is 10.6. The van der Waals surface area contributed by atoms with E-state index in [4.69, 9.17) is 0 Å². The lowest BCUT2D eigenvalue weighted by Gasteiger charge is -2.09. The summed E-state index contributed by atoms with van der Waals surface area (Å²) in [5.41, 5.74) is 1.27. The molecule has 0 saturated carbocycles. The predicted molar refractivity (Wildman–Crippen MR) is 67.4 cm³/mol. The number of benzene rings is 1. The summed E-state index contributed by atoms with van der Waals surface area (Å²) in [5.74, 6) is 0. The fraction of sp³-hybridized carbons (Fsp3) is 0.357. The first kappa shape index (κ1) is 11.7. The third-order valence-electron chi connectivity index (χ3n) is 2.28. The number of hydrogen-bond donors (Lipinski definition) is 0. The fourth-order valence-corrected chi connectivity index (χ4v) is 1.45. The monoisotopic (exact) mass is 201 g/mol. The number of unbranched alkanes of at least 4 members (excludes halogenated alkanes) is 1. The Balaban J connectivity index is 2.69. The third kappa shape index (κ3) is 4.11. The zero-order valence-electron chi connectivity index (χ0n) is 9.39. The molecule has 0 fully saturated rings. The van der Waals surface area contributed by atoms with Gasteiger partial charge in [0.1, 0.15) is 0 Å². The highest BCUT2D eigenvalue weighted by molar-refractivity contribution is 5.57. The molecule has 0 aliphatic heterocycles. The molecular weight excluding hydrogens is 182 g/mol. The molecule has 0 heterocycles. The lowest BCUT2D eigenvalue weighted by atomic mass is 10.0. The molecule has 1 rings (SSSR count). The highest BCUT2D eigenvalue weighted by Crippen LogP contribution is 2.20. The van der Waals surface area contributed by atoms with Crippen molar-refractivity contribution in [2.24, 2.45) is 4.99 Å². The molecule has 0 saturated heterocycles. The van der Waals surface area contributed by atoms with Gasteiger partial charge in [0.05, 0.1) is 6.04 Å². The molecule has 1 atom stereocenters. The first-order valence-electron chi connectivity index (χ1n) is 5.56. The number of rotatable bonds is 6. The Morgan fingerprint density at radius 2 is 2.07 bits per heavy atom. The Hall–Kier alpha value is -1.37. The zero-order valence-corrected chi connectivity index (χ0v) is 9.39. The molecule has 0 aromatic heterocycles. The van der Waals surface area contributed by atoms with Crippen LogP contribution in [-0.2, 0) is 0 Å². The van der Waals surface area contributed by atoms with E-state index in [1.165, 1.54) is 5.56 Å². The molecule has 1 aromatic carbocycles. The average molecular weight is 201 g/mol. The van der Waals surface area contributed by atoms with Crippen LogP contribution >= 0.6 is 0 Å². The maximum absolute atomic E-state index is 4.58. The second-order valence-electron chi connectivity index (χ2n) is 3.57. The first-order chi connectivity index (χ1) is 7.38. The van der Waals surface area contributed by atoms with Gasteiger partial charge in [0.15, 0.2) is 0 Å². The lowest BCUT2D eigenvalue weighted by Crippen LogP contribution is -1.94. The molecule has 0 N–H and O–H groups in total. The van der Waals surface area contributed by atoms with E-state index in [0.717, 1.165) is 19.3 Å². The molecule has 0 spiro atoms. The van der Waals surface area contributed by atoms with E-state index in [1.54, 1.807) is 0 Å². The van der Waals surface area contributed by atoms with Crippen molar-refractivity contribution in [1.82, 2.24) is 0 Å². The van der Waals surface area contributed by atoms with Crippen molar-refractivity contribution in [2.45, 2.75) is 32.2 Å². The van der Waals surface area contributed by atoms with Crippen LogP contribution in [0.1, 0.15) is 37.8 Å². The summed E-state index contributed by atoms with van der Waals surface area (Å²) in [5, 5.41) is 0. The first-order valence-corrected chi connectivity index (χ1v) is 5.56. The van der Waals surface area contributed by atoms with Crippen molar-refractivity contribution < 1.29 is 0 Å². The van der Waals surface area contributed by atoms with Gasteiger partial charge in [-0.1, -0.05) is 49.8 Å².